The number of nitrogens with one attached hydrogen (secondary N) is 2. The number of carboxylic acids is 1. The third kappa shape index (κ3) is 2.93. The summed E-state index contributed by atoms with van der Waals surface area (Å²) in [5.41, 5.74) is 0.113. The summed E-state index contributed by atoms with van der Waals surface area (Å²) in [7, 11) is -3.85. The monoisotopic (exact) mass is 345 g/mol. The van der Waals surface area contributed by atoms with E-state index in [0.717, 1.165) is 12.3 Å². The summed E-state index contributed by atoms with van der Waals surface area (Å²) in [6.45, 7) is 0. The molecule has 2 rings (SSSR count). The van der Waals surface area contributed by atoms with E-state index < -0.39 is 16.0 Å². The van der Waals surface area contributed by atoms with Crippen molar-refractivity contribution in [1.82, 2.24) is 9.97 Å². The van der Waals surface area contributed by atoms with Gasteiger partial charge in [0.2, 0.25) is 0 Å². The summed E-state index contributed by atoms with van der Waals surface area (Å²) in [6, 6.07) is 2.52. The lowest BCUT2D eigenvalue weighted by molar-refractivity contribution is 0.0691. The van der Waals surface area contributed by atoms with E-state index in [2.05, 4.69) is 30.6 Å². The van der Waals surface area contributed by atoms with Crippen molar-refractivity contribution in [2.75, 3.05) is 4.72 Å². The largest absolute Gasteiger partial charge is 0.477 e. The van der Waals surface area contributed by atoms with Gasteiger partial charge in [0, 0.05) is 18.6 Å². The van der Waals surface area contributed by atoms with Crippen LogP contribution in [0.1, 0.15) is 10.5 Å². The Morgan fingerprint density at radius 3 is 2.79 bits per heavy atom. The fourth-order valence-electron chi connectivity index (χ4n) is 1.31. The minimum Gasteiger partial charge on any atom is -0.477 e. The molecule has 0 amide bonds. The normalized spacial score (nSPS) is 11.2. The second kappa shape index (κ2) is 5.02. The quantitative estimate of drug-likeness (QED) is 0.780. The molecule has 2 aromatic heterocycles. The molecule has 0 saturated carbocycles. The molecule has 0 aliphatic rings. The van der Waals surface area contributed by atoms with Crippen LogP contribution in [-0.4, -0.2) is 29.5 Å². The number of carboxylic acid groups (broad SMARTS) is 1. The molecule has 0 atom stereocenters. The first-order valence-corrected chi connectivity index (χ1v) is 7.22. The van der Waals surface area contributed by atoms with Gasteiger partial charge in [-0.15, -0.1) is 0 Å². The Hall–Kier alpha value is -1.87. The number of aromatic carboxylic acids is 1. The van der Waals surface area contributed by atoms with E-state index >= 15 is 0 Å². The molecule has 100 valence electrons. The van der Waals surface area contributed by atoms with Crippen LogP contribution in [0.2, 0.25) is 0 Å². The number of pyridine rings is 1. The predicted octanol–water partition coefficient (Wildman–Crippen LogP) is 1.67. The van der Waals surface area contributed by atoms with Crippen molar-refractivity contribution < 1.29 is 18.3 Å². The van der Waals surface area contributed by atoms with Crippen LogP contribution in [0.15, 0.2) is 40.1 Å². The lowest BCUT2D eigenvalue weighted by Gasteiger charge is -2.07. The summed E-state index contributed by atoms with van der Waals surface area (Å²) >= 11 is 3.16. The summed E-state index contributed by atoms with van der Waals surface area (Å²) in [5, 5.41) is 8.74. The van der Waals surface area contributed by atoms with Crippen molar-refractivity contribution in [3.05, 3.63) is 40.9 Å². The van der Waals surface area contributed by atoms with Crippen molar-refractivity contribution >= 4 is 37.6 Å². The first-order valence-electron chi connectivity index (χ1n) is 4.94. The van der Waals surface area contributed by atoms with Crippen molar-refractivity contribution in [3.8, 4) is 0 Å². The Balaban J connectivity index is 2.32. The molecule has 3 N–H and O–H groups in total. The molecular weight excluding hydrogens is 338 g/mol. The van der Waals surface area contributed by atoms with Crippen LogP contribution in [0.4, 0.5) is 5.69 Å². The van der Waals surface area contributed by atoms with Gasteiger partial charge in [-0.1, -0.05) is 0 Å². The van der Waals surface area contributed by atoms with Gasteiger partial charge in [0.15, 0.2) is 0 Å². The number of sulfonamides is 1. The van der Waals surface area contributed by atoms with Gasteiger partial charge in [-0.05, 0) is 28.1 Å². The first-order chi connectivity index (χ1) is 8.90. The smallest absolute Gasteiger partial charge is 0.352 e. The molecule has 7 nitrogen and oxygen atoms in total. The molecule has 0 aliphatic heterocycles. The van der Waals surface area contributed by atoms with Crippen molar-refractivity contribution in [2.45, 2.75) is 4.90 Å². The van der Waals surface area contributed by atoms with Gasteiger partial charge < -0.3 is 10.1 Å². The number of carbonyl (C=O) groups is 1. The van der Waals surface area contributed by atoms with Crippen LogP contribution in [0.3, 0.4) is 0 Å². The van der Waals surface area contributed by atoms with E-state index in [9.17, 15) is 13.2 Å². The van der Waals surface area contributed by atoms with Gasteiger partial charge in [0.1, 0.15) is 10.6 Å². The Kier molecular flexibility index (Phi) is 3.58. The highest BCUT2D eigenvalue weighted by Crippen LogP contribution is 2.23. The van der Waals surface area contributed by atoms with Crippen LogP contribution in [0.25, 0.3) is 0 Å². The Morgan fingerprint density at radius 1 is 1.47 bits per heavy atom. The van der Waals surface area contributed by atoms with Crippen LogP contribution in [-0.2, 0) is 10.0 Å². The van der Waals surface area contributed by atoms with Crippen LogP contribution < -0.4 is 4.72 Å². The van der Waals surface area contributed by atoms with Crippen LogP contribution in [0.5, 0.6) is 0 Å². The Morgan fingerprint density at radius 2 is 2.21 bits per heavy atom. The number of aromatic nitrogens is 2. The highest BCUT2D eigenvalue weighted by atomic mass is 79.9. The van der Waals surface area contributed by atoms with Gasteiger partial charge in [-0.25, -0.2) is 13.2 Å². The van der Waals surface area contributed by atoms with E-state index in [1.165, 1.54) is 18.5 Å². The molecule has 0 fully saturated rings. The highest BCUT2D eigenvalue weighted by Gasteiger charge is 2.19. The number of nitrogens with zero attached hydrogens (tertiary/aromatic N) is 1. The molecule has 0 bridgehead atoms. The summed E-state index contributed by atoms with van der Waals surface area (Å²) in [4.78, 5) is 16.7. The van der Waals surface area contributed by atoms with Crippen LogP contribution in [0, 0.1) is 0 Å². The molecule has 0 aromatic carbocycles. The minimum absolute atomic E-state index is 0.159. The second-order valence-corrected chi connectivity index (χ2v) is 6.05. The lowest BCUT2D eigenvalue weighted by atomic mass is 10.4. The average molecular weight is 346 g/mol. The maximum atomic E-state index is 12.0. The topological polar surface area (TPSA) is 112 Å². The van der Waals surface area contributed by atoms with Gasteiger partial charge in [-0.2, -0.15) is 0 Å². The molecule has 9 heteroatoms. The van der Waals surface area contributed by atoms with E-state index in [0.29, 0.717) is 10.2 Å². The zero-order valence-electron chi connectivity index (χ0n) is 9.29. The van der Waals surface area contributed by atoms with E-state index in [-0.39, 0.29) is 10.6 Å². The van der Waals surface area contributed by atoms with E-state index in [1.54, 1.807) is 0 Å². The molecule has 0 unspecified atom stereocenters. The molecule has 0 saturated heterocycles. The number of H-pyrrole nitrogens is 1. The zero-order chi connectivity index (χ0) is 14.0. The van der Waals surface area contributed by atoms with Crippen molar-refractivity contribution in [3.63, 3.8) is 0 Å². The standard InChI is InChI=1S/C10H8BrN3O4S/c11-7-5-12-2-1-8(7)14-19(17,18)6-3-9(10(15)16)13-4-6/h1-5,13H,(H,12,14)(H,15,16). The molecule has 0 aliphatic carbocycles. The third-order valence-electron chi connectivity index (χ3n) is 2.21. The fraction of sp³-hybridized carbons (Fsp3) is 0. The molecule has 2 aromatic rings. The number of halogens is 1. The van der Waals surface area contributed by atoms with Gasteiger partial charge in [0.25, 0.3) is 10.0 Å². The number of anilines is 1. The SMILES string of the molecule is O=C(O)c1cc(S(=O)(=O)Nc2ccncc2Br)c[nH]1. The van der Waals surface area contributed by atoms with Crippen LogP contribution >= 0.6 is 15.9 Å². The number of hydrogen-bond donors (Lipinski definition) is 3. The zero-order valence-corrected chi connectivity index (χ0v) is 11.7. The molecule has 19 heavy (non-hydrogen) atoms. The maximum absolute atomic E-state index is 12.0. The number of rotatable bonds is 4. The summed E-state index contributed by atoms with van der Waals surface area (Å²) in [6.07, 6.45) is 3.99. The van der Waals surface area contributed by atoms with Gasteiger partial charge in [0.05, 0.1) is 10.2 Å². The predicted molar refractivity (Wildman–Crippen MR) is 70.5 cm³/mol. The Bertz CT molecular complexity index is 726. The molecule has 0 radical (unpaired) electrons. The molecular formula is C10H8BrN3O4S. The Labute approximate surface area is 116 Å². The third-order valence-corrected chi connectivity index (χ3v) is 4.19. The number of hydrogen-bond acceptors (Lipinski definition) is 4. The average Bonchev–Trinajstić information content (AvgIpc) is 2.82. The highest BCUT2D eigenvalue weighted by molar-refractivity contribution is 9.10. The van der Waals surface area contributed by atoms with E-state index in [4.69, 9.17) is 5.11 Å². The minimum atomic E-state index is -3.85. The molecule has 0 spiro atoms. The fourth-order valence-corrected chi connectivity index (χ4v) is 2.87. The second-order valence-electron chi connectivity index (χ2n) is 3.52. The number of aromatic amines is 1. The summed E-state index contributed by atoms with van der Waals surface area (Å²) in [5.74, 6) is -1.23. The van der Waals surface area contributed by atoms with Crippen molar-refractivity contribution in [2.24, 2.45) is 0 Å². The maximum Gasteiger partial charge on any atom is 0.352 e. The van der Waals surface area contributed by atoms with Gasteiger partial charge >= 0.3 is 5.97 Å². The lowest BCUT2D eigenvalue weighted by Crippen LogP contribution is -2.12. The molecule has 2 heterocycles. The summed E-state index contributed by atoms with van der Waals surface area (Å²) < 4.78 is 26.9. The van der Waals surface area contributed by atoms with Gasteiger partial charge in [-0.3, -0.25) is 9.71 Å². The first kappa shape index (κ1) is 13.6. The van der Waals surface area contributed by atoms with Crippen molar-refractivity contribution in [1.29, 1.82) is 0 Å². The van der Waals surface area contributed by atoms with E-state index in [1.807, 2.05) is 0 Å².